The molecule has 2 aliphatic rings. The van der Waals surface area contributed by atoms with Crippen molar-refractivity contribution < 1.29 is 18.0 Å². The summed E-state index contributed by atoms with van der Waals surface area (Å²) in [5, 5.41) is 4.51. The highest BCUT2D eigenvalue weighted by Gasteiger charge is 2.32. The molecule has 3 heterocycles. The molecule has 10 heteroatoms. The lowest BCUT2D eigenvalue weighted by Crippen LogP contribution is -2.52. The number of carbonyl (C=O) groups is 2. The van der Waals surface area contributed by atoms with E-state index < -0.39 is 10.0 Å². The van der Waals surface area contributed by atoms with E-state index >= 15 is 0 Å². The minimum atomic E-state index is -3.46. The van der Waals surface area contributed by atoms with Gasteiger partial charge in [-0.05, 0) is 23.6 Å². The summed E-state index contributed by atoms with van der Waals surface area (Å²) in [6.07, 6.45) is 0. The van der Waals surface area contributed by atoms with E-state index in [-0.39, 0.29) is 24.9 Å². The molecule has 0 radical (unpaired) electrons. The van der Waals surface area contributed by atoms with Crippen LogP contribution in [0.4, 0.5) is 11.4 Å². The first-order chi connectivity index (χ1) is 13.4. The van der Waals surface area contributed by atoms with Crippen molar-refractivity contribution in [3.05, 3.63) is 41.8 Å². The van der Waals surface area contributed by atoms with Crippen molar-refractivity contribution in [2.24, 2.45) is 0 Å². The Morgan fingerprint density at radius 3 is 2.54 bits per heavy atom. The maximum Gasteiger partial charge on any atom is 0.252 e. The van der Waals surface area contributed by atoms with E-state index in [0.29, 0.717) is 41.8 Å². The molecule has 1 fully saturated rings. The summed E-state index contributed by atoms with van der Waals surface area (Å²) in [5.74, 6) is -0.393. The van der Waals surface area contributed by atoms with Crippen LogP contribution in [0.3, 0.4) is 0 Å². The molecular weight excluding hydrogens is 400 g/mol. The zero-order chi connectivity index (χ0) is 19.7. The van der Waals surface area contributed by atoms with Gasteiger partial charge in [-0.2, -0.15) is 4.31 Å². The summed E-state index contributed by atoms with van der Waals surface area (Å²) in [6, 6.07) is 10.5. The lowest BCUT2D eigenvalue weighted by Gasteiger charge is -2.35. The Labute approximate surface area is 167 Å². The van der Waals surface area contributed by atoms with Crippen molar-refractivity contribution in [2.75, 3.05) is 49.5 Å². The van der Waals surface area contributed by atoms with Crippen LogP contribution in [0.25, 0.3) is 0 Å². The van der Waals surface area contributed by atoms with Crippen LogP contribution in [0.2, 0.25) is 0 Å². The number of thiophene rings is 1. The van der Waals surface area contributed by atoms with Crippen molar-refractivity contribution in [1.29, 1.82) is 0 Å². The molecule has 1 N–H and O–H groups in total. The number of anilines is 2. The number of rotatable bonds is 4. The zero-order valence-corrected chi connectivity index (χ0v) is 16.7. The van der Waals surface area contributed by atoms with Gasteiger partial charge in [-0.3, -0.25) is 19.4 Å². The van der Waals surface area contributed by atoms with Crippen LogP contribution in [0.1, 0.15) is 0 Å². The van der Waals surface area contributed by atoms with E-state index in [0.717, 1.165) is 0 Å². The number of piperazine rings is 1. The van der Waals surface area contributed by atoms with E-state index in [2.05, 4.69) is 5.32 Å². The molecule has 28 heavy (non-hydrogen) atoms. The first kappa shape index (κ1) is 19.1. The van der Waals surface area contributed by atoms with E-state index in [4.69, 9.17) is 0 Å². The third kappa shape index (κ3) is 3.68. The zero-order valence-electron chi connectivity index (χ0n) is 15.1. The van der Waals surface area contributed by atoms with Gasteiger partial charge in [-0.1, -0.05) is 18.2 Å². The van der Waals surface area contributed by atoms with Crippen LogP contribution < -0.4 is 10.2 Å². The van der Waals surface area contributed by atoms with Crippen LogP contribution >= 0.6 is 11.3 Å². The largest absolute Gasteiger partial charge is 0.323 e. The molecule has 8 nitrogen and oxygen atoms in total. The smallest absolute Gasteiger partial charge is 0.252 e. The number of hydrogen-bond acceptors (Lipinski definition) is 6. The van der Waals surface area contributed by atoms with Gasteiger partial charge in [0.2, 0.25) is 11.8 Å². The van der Waals surface area contributed by atoms with E-state index in [1.54, 1.807) is 35.7 Å². The molecule has 148 valence electrons. The maximum absolute atomic E-state index is 12.8. The number of carbonyl (C=O) groups excluding carboxylic acids is 2. The van der Waals surface area contributed by atoms with Crippen LogP contribution in [0.15, 0.2) is 46.0 Å². The number of benzene rings is 1. The van der Waals surface area contributed by atoms with Gasteiger partial charge in [0, 0.05) is 26.2 Å². The number of hydrogen-bond donors (Lipinski definition) is 1. The van der Waals surface area contributed by atoms with Gasteiger partial charge in [-0.15, -0.1) is 11.3 Å². The predicted octanol–water partition coefficient (Wildman–Crippen LogP) is 1.04. The second-order valence-electron chi connectivity index (χ2n) is 6.66. The van der Waals surface area contributed by atoms with Crippen molar-refractivity contribution in [3.8, 4) is 0 Å². The molecule has 1 aromatic heterocycles. The van der Waals surface area contributed by atoms with Crippen molar-refractivity contribution in [2.45, 2.75) is 4.21 Å². The molecular formula is C18H20N4O4S2. The number of nitrogens with one attached hydrogen (secondary N) is 1. The van der Waals surface area contributed by atoms with Crippen LogP contribution in [-0.4, -0.2) is 68.7 Å². The van der Waals surface area contributed by atoms with Gasteiger partial charge in [0.1, 0.15) is 10.8 Å². The summed E-state index contributed by atoms with van der Waals surface area (Å²) in [5.41, 5.74) is 1.31. The maximum atomic E-state index is 12.8. The monoisotopic (exact) mass is 420 g/mol. The van der Waals surface area contributed by atoms with E-state index in [1.165, 1.54) is 20.5 Å². The highest BCUT2D eigenvalue weighted by atomic mass is 32.2. The van der Waals surface area contributed by atoms with Gasteiger partial charge in [0.25, 0.3) is 10.0 Å². The van der Waals surface area contributed by atoms with Crippen LogP contribution in [0.5, 0.6) is 0 Å². The SMILES string of the molecule is O=C1CN(C(=O)CN2CCN(S(=O)(=O)c3cccs3)CC2)c2ccccc2N1. The minimum absolute atomic E-state index is 0.0113. The topological polar surface area (TPSA) is 90.0 Å². The first-order valence-electron chi connectivity index (χ1n) is 8.90. The number of fused-ring (bicyclic) bond motifs is 1. The number of nitrogens with zero attached hydrogens (tertiary/aromatic N) is 3. The first-order valence-corrected chi connectivity index (χ1v) is 11.2. The molecule has 0 saturated carbocycles. The van der Waals surface area contributed by atoms with E-state index in [9.17, 15) is 18.0 Å². The number of amides is 2. The summed E-state index contributed by atoms with van der Waals surface area (Å²) >= 11 is 1.21. The Hall–Kier alpha value is -2.27. The molecule has 2 amide bonds. The minimum Gasteiger partial charge on any atom is -0.323 e. The summed E-state index contributed by atoms with van der Waals surface area (Å²) in [6.45, 7) is 1.75. The van der Waals surface area contributed by atoms with Gasteiger partial charge in [0.15, 0.2) is 0 Å². The molecule has 0 unspecified atom stereocenters. The molecule has 2 aromatic rings. The lowest BCUT2D eigenvalue weighted by molar-refractivity contribution is -0.122. The fourth-order valence-corrected chi connectivity index (χ4v) is 5.96. The summed E-state index contributed by atoms with van der Waals surface area (Å²) < 4.78 is 27.0. The van der Waals surface area contributed by atoms with Crippen LogP contribution in [0, 0.1) is 0 Å². The predicted molar refractivity (Wildman–Crippen MR) is 107 cm³/mol. The number of sulfonamides is 1. The molecule has 0 aliphatic carbocycles. The third-order valence-electron chi connectivity index (χ3n) is 4.85. The molecule has 1 aromatic carbocycles. The van der Waals surface area contributed by atoms with Gasteiger partial charge in [-0.25, -0.2) is 8.42 Å². The van der Waals surface area contributed by atoms with Crippen molar-refractivity contribution in [3.63, 3.8) is 0 Å². The summed E-state index contributed by atoms with van der Waals surface area (Å²) in [7, 11) is -3.46. The highest BCUT2D eigenvalue weighted by Crippen LogP contribution is 2.29. The van der Waals surface area contributed by atoms with Crippen molar-refractivity contribution in [1.82, 2.24) is 9.21 Å². The average Bonchev–Trinajstić information content (AvgIpc) is 3.23. The molecule has 0 bridgehead atoms. The Kier molecular flexibility index (Phi) is 5.19. The third-order valence-corrected chi connectivity index (χ3v) is 8.12. The Morgan fingerprint density at radius 1 is 1.07 bits per heavy atom. The fraction of sp³-hybridized carbons (Fsp3) is 0.333. The van der Waals surface area contributed by atoms with E-state index in [1.807, 2.05) is 11.0 Å². The summed E-state index contributed by atoms with van der Waals surface area (Å²) in [4.78, 5) is 28.1. The Morgan fingerprint density at radius 2 is 1.82 bits per heavy atom. The average molecular weight is 421 g/mol. The molecule has 1 saturated heterocycles. The lowest BCUT2D eigenvalue weighted by atomic mass is 10.2. The highest BCUT2D eigenvalue weighted by molar-refractivity contribution is 7.91. The fourth-order valence-electron chi connectivity index (χ4n) is 3.40. The van der Waals surface area contributed by atoms with Gasteiger partial charge in [0.05, 0.1) is 17.9 Å². The molecule has 2 aliphatic heterocycles. The molecule has 0 spiro atoms. The second kappa shape index (κ2) is 7.63. The molecule has 0 atom stereocenters. The standard InChI is InChI=1S/C18H20N4O4S2/c23-16-12-22(15-5-2-1-4-14(15)19-16)17(24)13-20-7-9-21(10-8-20)28(25,26)18-6-3-11-27-18/h1-6,11H,7-10,12-13H2,(H,19,23). The van der Waals surface area contributed by atoms with Crippen molar-refractivity contribution >= 4 is 44.5 Å². The van der Waals surface area contributed by atoms with Gasteiger partial charge < -0.3 is 5.32 Å². The molecule has 4 rings (SSSR count). The second-order valence-corrected chi connectivity index (χ2v) is 9.77. The Bertz CT molecular complexity index is 983. The number of para-hydroxylation sites is 2. The Balaban J connectivity index is 1.39. The van der Waals surface area contributed by atoms with Crippen LogP contribution in [-0.2, 0) is 19.6 Å². The normalized spacial score (nSPS) is 18.6. The quantitative estimate of drug-likeness (QED) is 0.798. The van der Waals surface area contributed by atoms with Gasteiger partial charge >= 0.3 is 0 Å².